The molecular weight excluding hydrogens is 234 g/mol. The van der Waals surface area contributed by atoms with Crippen LogP contribution < -0.4 is 5.32 Å². The third-order valence-corrected chi connectivity index (χ3v) is 2.78. The van der Waals surface area contributed by atoms with Gasteiger partial charge in [-0.15, -0.1) is 11.6 Å². The molecule has 2 nitrogen and oxygen atoms in total. The summed E-state index contributed by atoms with van der Waals surface area (Å²) in [6.07, 6.45) is 2.13. The minimum absolute atomic E-state index is 0.581. The van der Waals surface area contributed by atoms with E-state index in [4.69, 9.17) is 16.3 Å². The Kier molecular flexibility index (Phi) is 8.06. The van der Waals surface area contributed by atoms with Crippen LogP contribution in [0.5, 0.6) is 0 Å². The zero-order valence-electron chi connectivity index (χ0n) is 10.5. The normalized spacial score (nSPS) is 10.7. The third kappa shape index (κ3) is 6.67. The van der Waals surface area contributed by atoms with E-state index in [1.807, 2.05) is 0 Å². The van der Waals surface area contributed by atoms with E-state index in [9.17, 15) is 0 Å². The Morgan fingerprint density at radius 1 is 1.12 bits per heavy atom. The van der Waals surface area contributed by atoms with Crippen molar-refractivity contribution in [1.82, 2.24) is 5.32 Å². The number of aryl methyl sites for hydroxylation is 1. The summed E-state index contributed by atoms with van der Waals surface area (Å²) in [4.78, 5) is 0. The molecule has 0 radical (unpaired) electrons. The van der Waals surface area contributed by atoms with Crippen molar-refractivity contribution in [3.05, 3.63) is 35.4 Å². The lowest BCUT2D eigenvalue weighted by atomic mass is 10.1. The molecule has 1 aromatic carbocycles. The molecule has 0 heterocycles. The molecule has 3 heteroatoms. The summed E-state index contributed by atoms with van der Waals surface area (Å²) in [6, 6.07) is 8.77. The van der Waals surface area contributed by atoms with Gasteiger partial charge in [0.25, 0.3) is 0 Å². The summed E-state index contributed by atoms with van der Waals surface area (Å²) in [5.41, 5.74) is 2.73. The largest absolute Gasteiger partial charge is 0.380 e. The van der Waals surface area contributed by atoms with Gasteiger partial charge in [0.1, 0.15) is 0 Å². The first-order valence-electron chi connectivity index (χ1n) is 6.29. The van der Waals surface area contributed by atoms with Crippen LogP contribution in [0.1, 0.15) is 24.5 Å². The van der Waals surface area contributed by atoms with Gasteiger partial charge in [-0.3, -0.25) is 0 Å². The summed E-state index contributed by atoms with van der Waals surface area (Å²) in [5, 5.41) is 3.40. The molecule has 0 fully saturated rings. The van der Waals surface area contributed by atoms with Gasteiger partial charge in [0.05, 0.1) is 6.61 Å². The van der Waals surface area contributed by atoms with E-state index in [1.54, 1.807) is 0 Å². The Hall–Kier alpha value is -0.570. The fourth-order valence-electron chi connectivity index (χ4n) is 1.58. The van der Waals surface area contributed by atoms with Gasteiger partial charge in [-0.05, 0) is 30.5 Å². The quantitative estimate of drug-likeness (QED) is 0.541. The highest BCUT2D eigenvalue weighted by Crippen LogP contribution is 2.04. The fraction of sp³-hybridized carbons (Fsp3) is 0.571. The molecule has 0 bridgehead atoms. The average Bonchev–Trinajstić information content (AvgIpc) is 2.38. The molecule has 1 N–H and O–H groups in total. The fourth-order valence-corrected chi connectivity index (χ4v) is 1.69. The van der Waals surface area contributed by atoms with Crippen molar-refractivity contribution in [3.8, 4) is 0 Å². The maximum atomic E-state index is 5.51. The lowest BCUT2D eigenvalue weighted by molar-refractivity contribution is 0.146. The number of alkyl halides is 1. The van der Waals surface area contributed by atoms with Crippen LogP contribution in [0.25, 0.3) is 0 Å². The van der Waals surface area contributed by atoms with Crippen molar-refractivity contribution in [2.75, 3.05) is 25.6 Å². The molecule has 1 rings (SSSR count). The average molecular weight is 256 g/mol. The van der Waals surface area contributed by atoms with Gasteiger partial charge >= 0.3 is 0 Å². The van der Waals surface area contributed by atoms with E-state index in [0.717, 1.165) is 32.5 Å². The van der Waals surface area contributed by atoms with Crippen molar-refractivity contribution >= 4 is 11.6 Å². The third-order valence-electron chi connectivity index (χ3n) is 2.62. The van der Waals surface area contributed by atoms with Gasteiger partial charge < -0.3 is 10.1 Å². The lowest BCUT2D eigenvalue weighted by Crippen LogP contribution is -2.16. The SMILES string of the molecule is CCc1ccc(CNCCCOCCCl)cc1. The highest BCUT2D eigenvalue weighted by Gasteiger charge is 1.93. The van der Waals surface area contributed by atoms with E-state index in [1.165, 1.54) is 11.1 Å². The number of rotatable bonds is 9. The Labute approximate surface area is 109 Å². The van der Waals surface area contributed by atoms with Crippen LogP contribution in [0.2, 0.25) is 0 Å². The van der Waals surface area contributed by atoms with Gasteiger partial charge in [0.15, 0.2) is 0 Å². The second-order valence-corrected chi connectivity index (χ2v) is 4.38. The molecule has 0 saturated heterocycles. The smallest absolute Gasteiger partial charge is 0.0601 e. The number of benzene rings is 1. The molecule has 0 saturated carbocycles. The van der Waals surface area contributed by atoms with Gasteiger partial charge in [-0.2, -0.15) is 0 Å². The summed E-state index contributed by atoms with van der Waals surface area (Å²) in [5.74, 6) is 0.581. The summed E-state index contributed by atoms with van der Waals surface area (Å²) >= 11 is 5.51. The lowest BCUT2D eigenvalue weighted by Gasteiger charge is -2.06. The van der Waals surface area contributed by atoms with Crippen LogP contribution in [-0.4, -0.2) is 25.6 Å². The predicted molar refractivity (Wildman–Crippen MR) is 73.7 cm³/mol. The molecule has 0 aliphatic heterocycles. The minimum Gasteiger partial charge on any atom is -0.380 e. The van der Waals surface area contributed by atoms with Crippen LogP contribution in [0.15, 0.2) is 24.3 Å². The monoisotopic (exact) mass is 255 g/mol. The summed E-state index contributed by atoms with van der Waals surface area (Å²) < 4.78 is 5.29. The first-order valence-corrected chi connectivity index (χ1v) is 6.82. The van der Waals surface area contributed by atoms with Crippen molar-refractivity contribution in [1.29, 1.82) is 0 Å². The Morgan fingerprint density at radius 3 is 2.47 bits per heavy atom. The summed E-state index contributed by atoms with van der Waals surface area (Å²) in [7, 11) is 0. The van der Waals surface area contributed by atoms with E-state index >= 15 is 0 Å². The second-order valence-electron chi connectivity index (χ2n) is 4.00. The Bertz CT molecular complexity index is 287. The molecular formula is C14H22ClNO. The molecule has 0 unspecified atom stereocenters. The molecule has 0 amide bonds. The van der Waals surface area contributed by atoms with E-state index in [2.05, 4.69) is 36.5 Å². The number of hydrogen-bond acceptors (Lipinski definition) is 2. The number of ether oxygens (including phenoxy) is 1. The van der Waals surface area contributed by atoms with E-state index in [0.29, 0.717) is 12.5 Å². The van der Waals surface area contributed by atoms with Crippen LogP contribution in [-0.2, 0) is 17.7 Å². The van der Waals surface area contributed by atoms with Crippen LogP contribution in [0.4, 0.5) is 0 Å². The van der Waals surface area contributed by atoms with Gasteiger partial charge in [-0.1, -0.05) is 31.2 Å². The molecule has 0 aliphatic rings. The number of halogens is 1. The molecule has 1 aromatic rings. The Morgan fingerprint density at radius 2 is 1.82 bits per heavy atom. The van der Waals surface area contributed by atoms with Crippen molar-refractivity contribution < 1.29 is 4.74 Å². The van der Waals surface area contributed by atoms with Crippen molar-refractivity contribution in [3.63, 3.8) is 0 Å². The summed E-state index contributed by atoms with van der Waals surface area (Å²) in [6.45, 7) is 5.53. The van der Waals surface area contributed by atoms with Crippen LogP contribution >= 0.6 is 11.6 Å². The van der Waals surface area contributed by atoms with Crippen molar-refractivity contribution in [2.45, 2.75) is 26.3 Å². The molecule has 0 aliphatic carbocycles. The first kappa shape index (κ1) is 14.5. The van der Waals surface area contributed by atoms with Gasteiger partial charge in [-0.25, -0.2) is 0 Å². The first-order chi connectivity index (χ1) is 8.36. The van der Waals surface area contributed by atoms with Crippen LogP contribution in [0.3, 0.4) is 0 Å². The molecule has 96 valence electrons. The zero-order valence-corrected chi connectivity index (χ0v) is 11.3. The molecule has 0 atom stereocenters. The highest BCUT2D eigenvalue weighted by atomic mass is 35.5. The number of nitrogens with one attached hydrogen (secondary N) is 1. The number of hydrogen-bond donors (Lipinski definition) is 1. The topological polar surface area (TPSA) is 21.3 Å². The maximum absolute atomic E-state index is 5.51. The zero-order chi connectivity index (χ0) is 12.3. The van der Waals surface area contributed by atoms with Crippen molar-refractivity contribution in [2.24, 2.45) is 0 Å². The minimum atomic E-state index is 0.581. The molecule has 17 heavy (non-hydrogen) atoms. The molecule has 0 aromatic heterocycles. The highest BCUT2D eigenvalue weighted by molar-refractivity contribution is 6.17. The maximum Gasteiger partial charge on any atom is 0.0601 e. The van der Waals surface area contributed by atoms with E-state index in [-0.39, 0.29) is 0 Å². The van der Waals surface area contributed by atoms with Gasteiger partial charge in [0, 0.05) is 19.0 Å². The Balaban J connectivity index is 2.05. The predicted octanol–water partition coefficient (Wildman–Crippen LogP) is 2.98. The molecule has 0 spiro atoms. The standard InChI is InChI=1S/C14H22ClNO/c1-2-13-4-6-14(7-5-13)12-16-9-3-10-17-11-8-15/h4-7,16H,2-3,8-12H2,1H3. The second kappa shape index (κ2) is 9.46. The van der Waals surface area contributed by atoms with Gasteiger partial charge in [0.2, 0.25) is 0 Å². The van der Waals surface area contributed by atoms with E-state index < -0.39 is 0 Å². The van der Waals surface area contributed by atoms with Crippen LogP contribution in [0, 0.1) is 0 Å².